The number of carbonyl (C=O) groups excluding carboxylic acids is 1. The van der Waals surface area contributed by atoms with Crippen molar-refractivity contribution in [1.82, 2.24) is 34.3 Å². The summed E-state index contributed by atoms with van der Waals surface area (Å²) in [4.78, 5) is 31.7. The summed E-state index contributed by atoms with van der Waals surface area (Å²) in [6, 6.07) is 8.16. The standard InChI is InChI=1S/C29H30FN9O2S2/c1-4-20-26(36(3)27-33-24(22(13-31)42-27)16-7-9-17(30)10-8-16)39-28(32-20)43-25(34-39)19-12-23(38-11-5-6-21(19)38)35(2)29(41)37-14-18(40)15-37/h6-10,18-19,23,40H,4-5,11-12,14-15H2,1-3H3. The highest BCUT2D eigenvalue weighted by Crippen LogP contribution is 2.46. The molecule has 3 aliphatic heterocycles. The van der Waals surface area contributed by atoms with E-state index in [4.69, 9.17) is 15.1 Å². The molecule has 0 aliphatic carbocycles. The molecule has 1 N–H and O–H groups in total. The number of β-amino-alcohol motifs (C(OH)–C–C–N with tert-alkyl or cyclic N) is 1. The number of hydrogen-bond acceptors (Lipinski definition) is 10. The number of benzene rings is 1. The van der Waals surface area contributed by atoms with Crippen molar-refractivity contribution >= 4 is 44.6 Å². The Bertz CT molecular complexity index is 1780. The van der Waals surface area contributed by atoms with Gasteiger partial charge in [-0.15, -0.1) is 0 Å². The summed E-state index contributed by atoms with van der Waals surface area (Å²) in [6.07, 6.45) is 4.07. The molecule has 0 saturated carbocycles. The van der Waals surface area contributed by atoms with Crippen molar-refractivity contribution in [3.05, 3.63) is 57.4 Å². The molecule has 2 fully saturated rings. The van der Waals surface area contributed by atoms with Crippen LogP contribution < -0.4 is 4.90 Å². The second kappa shape index (κ2) is 10.6. The molecule has 4 aromatic rings. The number of anilines is 2. The number of fused-ring (bicyclic) bond motifs is 2. The molecule has 0 bridgehead atoms. The Hall–Kier alpha value is -4.06. The van der Waals surface area contributed by atoms with Crippen molar-refractivity contribution in [3.8, 4) is 17.3 Å². The maximum absolute atomic E-state index is 13.5. The number of aromatic nitrogens is 4. The molecule has 2 amide bonds. The molecular formula is C29H30FN9O2S2. The first-order chi connectivity index (χ1) is 20.8. The number of amides is 2. The number of nitriles is 1. The SMILES string of the molecule is CCc1nc2sc(C3CC(N(C)C(=O)N4CC(O)C4)N4CCC=C34)nn2c1N(C)c1nc(-c2ccc(F)cc2)c(C#N)s1. The summed E-state index contributed by atoms with van der Waals surface area (Å²) in [5, 5.41) is 26.2. The largest absolute Gasteiger partial charge is 0.389 e. The van der Waals surface area contributed by atoms with Crippen LogP contribution in [0.2, 0.25) is 0 Å². The van der Waals surface area contributed by atoms with Gasteiger partial charge in [0.1, 0.15) is 33.6 Å². The van der Waals surface area contributed by atoms with Crippen LogP contribution in [-0.2, 0) is 6.42 Å². The Morgan fingerprint density at radius 3 is 2.67 bits per heavy atom. The first-order valence-corrected chi connectivity index (χ1v) is 15.9. The van der Waals surface area contributed by atoms with Crippen LogP contribution in [0.4, 0.5) is 20.1 Å². The van der Waals surface area contributed by atoms with Gasteiger partial charge in [-0.2, -0.15) is 14.9 Å². The van der Waals surface area contributed by atoms with Crippen molar-refractivity contribution in [3.63, 3.8) is 0 Å². The summed E-state index contributed by atoms with van der Waals surface area (Å²) in [7, 11) is 3.74. The van der Waals surface area contributed by atoms with Gasteiger partial charge < -0.3 is 24.7 Å². The van der Waals surface area contributed by atoms with E-state index in [0.29, 0.717) is 40.8 Å². The number of hydrogen-bond donors (Lipinski definition) is 1. The van der Waals surface area contributed by atoms with Gasteiger partial charge in [0.05, 0.1) is 30.8 Å². The summed E-state index contributed by atoms with van der Waals surface area (Å²) >= 11 is 2.83. The topological polar surface area (TPSA) is 117 Å². The van der Waals surface area contributed by atoms with E-state index >= 15 is 0 Å². The number of likely N-dealkylation sites (tertiary alicyclic amines) is 1. The van der Waals surface area contributed by atoms with E-state index in [9.17, 15) is 19.6 Å². The Morgan fingerprint density at radius 2 is 1.98 bits per heavy atom. The van der Waals surface area contributed by atoms with E-state index in [0.717, 1.165) is 40.9 Å². The summed E-state index contributed by atoms with van der Waals surface area (Å²) < 4.78 is 15.4. The van der Waals surface area contributed by atoms with Crippen LogP contribution in [0.15, 0.2) is 36.0 Å². The third kappa shape index (κ3) is 4.54. The Kier molecular flexibility index (Phi) is 6.83. The molecule has 0 spiro atoms. The van der Waals surface area contributed by atoms with Gasteiger partial charge in [0.2, 0.25) is 4.96 Å². The van der Waals surface area contributed by atoms with E-state index < -0.39 is 6.10 Å². The van der Waals surface area contributed by atoms with Crippen LogP contribution >= 0.6 is 22.7 Å². The predicted molar refractivity (Wildman–Crippen MR) is 162 cm³/mol. The minimum Gasteiger partial charge on any atom is -0.389 e. The number of rotatable bonds is 6. The zero-order chi connectivity index (χ0) is 30.0. The molecule has 43 heavy (non-hydrogen) atoms. The molecule has 222 valence electrons. The lowest BCUT2D eigenvalue weighted by molar-refractivity contribution is 0.00713. The average Bonchev–Trinajstić information content (AvgIpc) is 3.80. The van der Waals surface area contributed by atoms with Crippen LogP contribution in [-0.4, -0.2) is 91.4 Å². The van der Waals surface area contributed by atoms with Crippen LogP contribution in [0, 0.1) is 17.1 Å². The number of allylic oxidation sites excluding steroid dienone is 1. The number of aliphatic hydroxyl groups excluding tert-OH is 1. The highest BCUT2D eigenvalue weighted by Gasteiger charge is 2.45. The fourth-order valence-electron chi connectivity index (χ4n) is 6.21. The maximum Gasteiger partial charge on any atom is 0.321 e. The fraction of sp³-hybridized carbons (Fsp3) is 0.414. The van der Waals surface area contributed by atoms with Gasteiger partial charge >= 0.3 is 6.03 Å². The number of aliphatic hydroxyl groups is 1. The Balaban J connectivity index is 1.20. The molecule has 0 radical (unpaired) electrons. The Labute approximate surface area is 255 Å². The van der Waals surface area contributed by atoms with Gasteiger partial charge in [0.15, 0.2) is 10.9 Å². The van der Waals surface area contributed by atoms with Gasteiger partial charge in [-0.1, -0.05) is 35.7 Å². The average molecular weight is 620 g/mol. The Morgan fingerprint density at radius 1 is 1.21 bits per heavy atom. The summed E-state index contributed by atoms with van der Waals surface area (Å²) in [5.41, 5.74) is 3.26. The number of halogens is 1. The van der Waals surface area contributed by atoms with E-state index in [1.165, 1.54) is 29.2 Å². The van der Waals surface area contributed by atoms with Crippen molar-refractivity contribution in [2.24, 2.45) is 0 Å². The number of thiazole rings is 1. The van der Waals surface area contributed by atoms with Crippen molar-refractivity contribution < 1.29 is 14.3 Å². The molecule has 2 atom stereocenters. The molecule has 2 unspecified atom stereocenters. The normalized spacial score (nSPS) is 19.9. The monoisotopic (exact) mass is 619 g/mol. The van der Waals surface area contributed by atoms with Crippen LogP contribution in [0.25, 0.3) is 16.2 Å². The minimum atomic E-state index is -0.437. The molecule has 3 aromatic heterocycles. The van der Waals surface area contributed by atoms with Crippen molar-refractivity contribution in [1.29, 1.82) is 5.26 Å². The van der Waals surface area contributed by atoms with Gasteiger partial charge in [-0.05, 0) is 37.1 Å². The first kappa shape index (κ1) is 27.8. The van der Waals surface area contributed by atoms with Crippen molar-refractivity contribution in [2.45, 2.75) is 44.4 Å². The number of carbonyl (C=O) groups is 1. The highest BCUT2D eigenvalue weighted by atomic mass is 32.1. The van der Waals surface area contributed by atoms with Crippen LogP contribution in [0.3, 0.4) is 0 Å². The quantitative estimate of drug-likeness (QED) is 0.338. The smallest absolute Gasteiger partial charge is 0.321 e. The zero-order valence-corrected chi connectivity index (χ0v) is 25.6. The van der Waals surface area contributed by atoms with E-state index in [-0.39, 0.29) is 23.9 Å². The zero-order valence-electron chi connectivity index (χ0n) is 23.9. The highest BCUT2D eigenvalue weighted by molar-refractivity contribution is 7.17. The summed E-state index contributed by atoms with van der Waals surface area (Å²) in [6.45, 7) is 3.66. The molecule has 6 heterocycles. The molecule has 14 heteroatoms. The second-order valence-electron chi connectivity index (χ2n) is 11.1. The van der Waals surface area contributed by atoms with E-state index in [1.807, 2.05) is 30.4 Å². The molecule has 1 aromatic carbocycles. The molecule has 2 saturated heterocycles. The van der Waals surface area contributed by atoms with E-state index in [1.54, 1.807) is 33.3 Å². The lowest BCUT2D eigenvalue weighted by Crippen LogP contribution is -2.59. The van der Waals surface area contributed by atoms with Crippen LogP contribution in [0.5, 0.6) is 0 Å². The number of imidazole rings is 1. The predicted octanol–water partition coefficient (Wildman–Crippen LogP) is 4.39. The van der Waals surface area contributed by atoms with Gasteiger partial charge in [0, 0.05) is 38.3 Å². The maximum atomic E-state index is 13.5. The second-order valence-corrected chi connectivity index (χ2v) is 13.0. The molecule has 3 aliphatic rings. The minimum absolute atomic E-state index is 0.0368. The van der Waals surface area contributed by atoms with E-state index in [2.05, 4.69) is 17.0 Å². The third-order valence-electron chi connectivity index (χ3n) is 8.44. The van der Waals surface area contributed by atoms with Gasteiger partial charge in [0.25, 0.3) is 0 Å². The first-order valence-electron chi connectivity index (χ1n) is 14.2. The molecular weight excluding hydrogens is 590 g/mol. The summed E-state index contributed by atoms with van der Waals surface area (Å²) in [5.74, 6) is 0.483. The third-order valence-corrected chi connectivity index (χ3v) is 10.5. The van der Waals surface area contributed by atoms with Gasteiger partial charge in [-0.3, -0.25) is 0 Å². The number of aryl methyl sites for hydroxylation is 1. The lowest BCUT2D eigenvalue weighted by Gasteiger charge is -2.41. The lowest BCUT2D eigenvalue weighted by atomic mass is 10.1. The molecule has 7 rings (SSSR count). The number of nitrogens with zero attached hydrogens (tertiary/aromatic N) is 9. The number of urea groups is 1. The fourth-order valence-corrected chi connectivity index (χ4v) is 8.09. The van der Waals surface area contributed by atoms with Gasteiger partial charge in [-0.25, -0.2) is 19.2 Å². The van der Waals surface area contributed by atoms with Crippen molar-refractivity contribution in [2.75, 3.05) is 38.6 Å². The van der Waals surface area contributed by atoms with Crippen LogP contribution in [0.1, 0.15) is 41.3 Å². The molecule has 11 nitrogen and oxygen atoms in total.